The molecule has 0 bridgehead atoms. The van der Waals surface area contributed by atoms with Crippen LogP contribution in [0.25, 0.3) is 0 Å². The van der Waals surface area contributed by atoms with Gasteiger partial charge in [0.05, 0.1) is 6.04 Å². The van der Waals surface area contributed by atoms with E-state index in [1.54, 1.807) is 6.07 Å². The molecule has 5 nitrogen and oxygen atoms in total. The number of para-hydroxylation sites is 1. The third-order valence-corrected chi connectivity index (χ3v) is 6.37. The first-order valence-electron chi connectivity index (χ1n) is 11.2. The summed E-state index contributed by atoms with van der Waals surface area (Å²) >= 11 is 0. The molecule has 2 aliphatic heterocycles. The van der Waals surface area contributed by atoms with Gasteiger partial charge in [0, 0.05) is 31.0 Å². The normalized spacial score (nSPS) is 18.7. The molecule has 1 aromatic heterocycles. The topological polar surface area (TPSA) is 48.8 Å². The molecule has 0 radical (unpaired) electrons. The molecule has 1 fully saturated rings. The van der Waals surface area contributed by atoms with Gasteiger partial charge in [0.25, 0.3) is 0 Å². The number of hydrogen-bond donors (Lipinski definition) is 1. The van der Waals surface area contributed by atoms with E-state index in [1.807, 2.05) is 30.5 Å². The first kappa shape index (κ1) is 19.9. The Hall–Kier alpha value is -3.05. The molecule has 0 amide bonds. The van der Waals surface area contributed by atoms with Gasteiger partial charge in [-0.2, -0.15) is 0 Å². The van der Waals surface area contributed by atoms with E-state index in [9.17, 15) is 5.11 Å². The molecule has 1 saturated heterocycles. The van der Waals surface area contributed by atoms with Crippen LogP contribution in [0.1, 0.15) is 35.6 Å². The van der Waals surface area contributed by atoms with Crippen molar-refractivity contribution in [2.24, 2.45) is 0 Å². The molecular weight excluding hydrogens is 386 g/mol. The highest BCUT2D eigenvalue weighted by Gasteiger charge is 2.29. The Bertz CT molecular complexity index is 1000. The molecule has 0 aliphatic carbocycles. The Morgan fingerprint density at radius 1 is 0.968 bits per heavy atom. The van der Waals surface area contributed by atoms with Gasteiger partial charge in [0.15, 0.2) is 0 Å². The predicted molar refractivity (Wildman–Crippen MR) is 123 cm³/mol. The van der Waals surface area contributed by atoms with Gasteiger partial charge in [-0.05, 0) is 79.4 Å². The maximum Gasteiger partial charge on any atom is 0.213 e. The highest BCUT2D eigenvalue weighted by Crippen LogP contribution is 2.39. The van der Waals surface area contributed by atoms with Crippen LogP contribution >= 0.6 is 0 Å². The molecule has 1 N–H and O–H groups in total. The lowest BCUT2D eigenvalue weighted by molar-refractivity contribution is 0.232. The van der Waals surface area contributed by atoms with E-state index in [0.717, 1.165) is 25.1 Å². The standard InChI is InChI=1S/C26H29N3O2/c30-23-9-10-24-20(18-23)12-15-29(22-6-2-1-3-7-22)26(24)21-8-11-25(27-19-21)31-17-16-28-13-4-5-14-28/h1-3,6-11,18-19,26,30H,4-5,12-17H2. The average Bonchev–Trinajstić information content (AvgIpc) is 3.33. The predicted octanol–water partition coefficient (Wildman–Crippen LogP) is 4.41. The van der Waals surface area contributed by atoms with Crippen molar-refractivity contribution in [2.75, 3.05) is 37.7 Å². The van der Waals surface area contributed by atoms with Crippen molar-refractivity contribution < 1.29 is 9.84 Å². The van der Waals surface area contributed by atoms with E-state index in [0.29, 0.717) is 18.2 Å². The zero-order chi connectivity index (χ0) is 21.0. The molecular formula is C26H29N3O2. The van der Waals surface area contributed by atoms with Crippen LogP contribution in [0, 0.1) is 0 Å². The Labute approximate surface area is 183 Å². The smallest absolute Gasteiger partial charge is 0.213 e. The van der Waals surface area contributed by atoms with Gasteiger partial charge in [-0.15, -0.1) is 0 Å². The van der Waals surface area contributed by atoms with Crippen molar-refractivity contribution in [2.45, 2.75) is 25.3 Å². The number of aromatic nitrogens is 1. The summed E-state index contributed by atoms with van der Waals surface area (Å²) in [5.41, 5.74) is 4.74. The summed E-state index contributed by atoms with van der Waals surface area (Å²) < 4.78 is 5.91. The third-order valence-electron chi connectivity index (χ3n) is 6.37. The van der Waals surface area contributed by atoms with Crippen LogP contribution in [0.5, 0.6) is 11.6 Å². The summed E-state index contributed by atoms with van der Waals surface area (Å²) in [6.45, 7) is 4.89. The van der Waals surface area contributed by atoms with Gasteiger partial charge in [0.2, 0.25) is 5.88 Å². The van der Waals surface area contributed by atoms with Crippen molar-refractivity contribution in [3.8, 4) is 11.6 Å². The Balaban J connectivity index is 1.38. The van der Waals surface area contributed by atoms with Crippen LogP contribution in [-0.4, -0.2) is 47.8 Å². The number of likely N-dealkylation sites (tertiary alicyclic amines) is 1. The first-order valence-corrected chi connectivity index (χ1v) is 11.2. The second-order valence-electron chi connectivity index (χ2n) is 8.39. The van der Waals surface area contributed by atoms with Crippen LogP contribution in [0.15, 0.2) is 66.9 Å². The van der Waals surface area contributed by atoms with Gasteiger partial charge in [-0.1, -0.05) is 24.3 Å². The summed E-state index contributed by atoms with van der Waals surface area (Å²) in [5, 5.41) is 9.98. The van der Waals surface area contributed by atoms with Crippen molar-refractivity contribution in [3.05, 3.63) is 83.6 Å². The number of anilines is 1. The van der Waals surface area contributed by atoms with E-state index in [4.69, 9.17) is 4.74 Å². The lowest BCUT2D eigenvalue weighted by Gasteiger charge is -2.39. The van der Waals surface area contributed by atoms with Crippen LogP contribution in [0.4, 0.5) is 5.69 Å². The number of rotatable bonds is 6. The molecule has 31 heavy (non-hydrogen) atoms. The SMILES string of the molecule is Oc1ccc2c(c1)CCN(c1ccccc1)C2c1ccc(OCCN2CCCC2)nc1. The number of phenolic OH excluding ortho intramolecular Hbond substituents is 1. The summed E-state index contributed by atoms with van der Waals surface area (Å²) in [5.74, 6) is 1.00. The molecule has 3 aromatic rings. The molecule has 2 aromatic carbocycles. The third kappa shape index (κ3) is 4.37. The summed E-state index contributed by atoms with van der Waals surface area (Å²) in [7, 11) is 0. The largest absolute Gasteiger partial charge is 0.508 e. The Kier molecular flexibility index (Phi) is 5.76. The van der Waals surface area contributed by atoms with Gasteiger partial charge in [-0.3, -0.25) is 4.90 Å². The number of pyridine rings is 1. The number of ether oxygens (including phenoxy) is 1. The maximum atomic E-state index is 9.98. The summed E-state index contributed by atoms with van der Waals surface area (Å²) in [6, 6.07) is 20.4. The number of aromatic hydroxyl groups is 1. The second kappa shape index (κ2) is 8.98. The van der Waals surface area contributed by atoms with E-state index in [2.05, 4.69) is 45.1 Å². The van der Waals surface area contributed by atoms with Crippen LogP contribution < -0.4 is 9.64 Å². The Morgan fingerprint density at radius 3 is 2.58 bits per heavy atom. The minimum absolute atomic E-state index is 0.0536. The molecule has 160 valence electrons. The summed E-state index contributed by atoms with van der Waals surface area (Å²) in [6.07, 6.45) is 5.44. The van der Waals surface area contributed by atoms with Crippen molar-refractivity contribution in [1.29, 1.82) is 0 Å². The lowest BCUT2D eigenvalue weighted by Crippen LogP contribution is -2.36. The fraction of sp³-hybridized carbons (Fsp3) is 0.346. The van der Waals surface area contributed by atoms with Gasteiger partial charge in [-0.25, -0.2) is 4.98 Å². The fourth-order valence-corrected chi connectivity index (χ4v) is 4.79. The van der Waals surface area contributed by atoms with E-state index in [1.165, 1.54) is 42.7 Å². The summed E-state index contributed by atoms with van der Waals surface area (Å²) in [4.78, 5) is 9.49. The Morgan fingerprint density at radius 2 is 1.81 bits per heavy atom. The number of benzene rings is 2. The lowest BCUT2D eigenvalue weighted by atomic mass is 9.88. The van der Waals surface area contributed by atoms with E-state index < -0.39 is 0 Å². The van der Waals surface area contributed by atoms with Crippen LogP contribution in [0.3, 0.4) is 0 Å². The number of phenols is 1. The minimum atomic E-state index is 0.0536. The van der Waals surface area contributed by atoms with E-state index in [-0.39, 0.29) is 6.04 Å². The van der Waals surface area contributed by atoms with Gasteiger partial charge >= 0.3 is 0 Å². The molecule has 2 aliphatic rings. The molecule has 0 spiro atoms. The number of nitrogens with zero attached hydrogens (tertiary/aromatic N) is 3. The molecule has 0 saturated carbocycles. The zero-order valence-corrected chi connectivity index (χ0v) is 17.8. The molecule has 3 heterocycles. The van der Waals surface area contributed by atoms with Crippen molar-refractivity contribution in [3.63, 3.8) is 0 Å². The van der Waals surface area contributed by atoms with Crippen LogP contribution in [0.2, 0.25) is 0 Å². The number of hydrogen-bond acceptors (Lipinski definition) is 5. The van der Waals surface area contributed by atoms with Gasteiger partial charge < -0.3 is 14.7 Å². The average molecular weight is 416 g/mol. The monoisotopic (exact) mass is 415 g/mol. The zero-order valence-electron chi connectivity index (χ0n) is 17.8. The van der Waals surface area contributed by atoms with Gasteiger partial charge in [0.1, 0.15) is 12.4 Å². The van der Waals surface area contributed by atoms with Crippen molar-refractivity contribution in [1.82, 2.24) is 9.88 Å². The maximum absolute atomic E-state index is 9.98. The second-order valence-corrected chi connectivity index (χ2v) is 8.39. The quantitative estimate of drug-likeness (QED) is 0.646. The van der Waals surface area contributed by atoms with Crippen LogP contribution in [-0.2, 0) is 6.42 Å². The van der Waals surface area contributed by atoms with Crippen molar-refractivity contribution >= 4 is 5.69 Å². The highest BCUT2D eigenvalue weighted by atomic mass is 16.5. The molecule has 1 atom stereocenters. The fourth-order valence-electron chi connectivity index (χ4n) is 4.79. The number of fused-ring (bicyclic) bond motifs is 1. The first-order chi connectivity index (χ1) is 15.3. The highest BCUT2D eigenvalue weighted by molar-refractivity contribution is 5.56. The molecule has 1 unspecified atom stereocenters. The molecule has 5 rings (SSSR count). The molecule has 5 heteroatoms. The minimum Gasteiger partial charge on any atom is -0.508 e. The van der Waals surface area contributed by atoms with E-state index >= 15 is 0 Å².